The van der Waals surface area contributed by atoms with E-state index in [1.165, 1.54) is 10.9 Å². The third kappa shape index (κ3) is 2.99. The van der Waals surface area contributed by atoms with Crippen molar-refractivity contribution in [3.05, 3.63) is 54.4 Å². The lowest BCUT2D eigenvalue weighted by Crippen LogP contribution is -2.10. The Morgan fingerprint density at radius 2 is 2.10 bits per heavy atom. The second-order valence-electron chi connectivity index (χ2n) is 5.23. The fourth-order valence-electron chi connectivity index (χ4n) is 2.34. The molecule has 0 spiro atoms. The largest absolute Gasteiger partial charge is 0.473 e. The lowest BCUT2D eigenvalue weighted by Gasteiger charge is -2.14. The Bertz CT molecular complexity index is 733. The quantitative estimate of drug-likeness (QED) is 0.744. The van der Waals surface area contributed by atoms with E-state index in [0.29, 0.717) is 5.88 Å². The highest BCUT2D eigenvalue weighted by Crippen LogP contribution is 2.24. The van der Waals surface area contributed by atoms with E-state index in [1.807, 2.05) is 32.2 Å². The van der Waals surface area contributed by atoms with Gasteiger partial charge in [0, 0.05) is 29.8 Å². The summed E-state index contributed by atoms with van der Waals surface area (Å²) in [5.74, 6) is 0.647. The van der Waals surface area contributed by atoms with E-state index in [9.17, 15) is 0 Å². The van der Waals surface area contributed by atoms with E-state index in [2.05, 4.69) is 39.6 Å². The number of aromatic amines is 1. The molecule has 0 unspecified atom stereocenters. The molecule has 0 aliphatic heterocycles. The number of nitrogens with zero attached hydrogens (tertiary/aromatic N) is 1. The minimum absolute atomic E-state index is 0.105. The Kier molecular flexibility index (Phi) is 3.77. The molecule has 0 aliphatic carbocycles. The molecule has 2 heterocycles. The summed E-state index contributed by atoms with van der Waals surface area (Å²) in [6.07, 6.45) is 3.81. The summed E-state index contributed by atoms with van der Waals surface area (Å²) < 4.78 is 5.73. The number of pyridine rings is 1. The molecular formula is C17H19N3O. The van der Waals surface area contributed by atoms with E-state index in [0.717, 1.165) is 17.7 Å². The molecule has 21 heavy (non-hydrogen) atoms. The van der Waals surface area contributed by atoms with Crippen LogP contribution in [0.5, 0.6) is 5.88 Å². The van der Waals surface area contributed by atoms with E-state index in [-0.39, 0.29) is 6.10 Å². The Morgan fingerprint density at radius 3 is 2.95 bits per heavy atom. The zero-order valence-electron chi connectivity index (χ0n) is 12.3. The van der Waals surface area contributed by atoms with Crippen LogP contribution < -0.4 is 10.1 Å². The van der Waals surface area contributed by atoms with Crippen molar-refractivity contribution in [2.75, 3.05) is 5.32 Å². The zero-order valence-corrected chi connectivity index (χ0v) is 12.3. The first kappa shape index (κ1) is 13.5. The van der Waals surface area contributed by atoms with Crippen molar-refractivity contribution in [2.24, 2.45) is 0 Å². The molecule has 3 rings (SSSR count). The molecule has 4 heteroatoms. The van der Waals surface area contributed by atoms with Crippen LogP contribution in [0.3, 0.4) is 0 Å². The van der Waals surface area contributed by atoms with Crippen molar-refractivity contribution < 1.29 is 4.74 Å². The molecule has 0 bridgehead atoms. The van der Waals surface area contributed by atoms with Gasteiger partial charge >= 0.3 is 0 Å². The molecule has 4 nitrogen and oxygen atoms in total. The molecule has 2 aromatic heterocycles. The van der Waals surface area contributed by atoms with Gasteiger partial charge in [0.25, 0.3) is 0 Å². The summed E-state index contributed by atoms with van der Waals surface area (Å²) in [5, 5.41) is 4.65. The molecule has 0 saturated carbocycles. The van der Waals surface area contributed by atoms with Gasteiger partial charge in [-0.3, -0.25) is 0 Å². The molecule has 0 amide bonds. The topological polar surface area (TPSA) is 49.9 Å². The first-order valence-corrected chi connectivity index (χ1v) is 7.14. The molecule has 2 N–H and O–H groups in total. The molecule has 108 valence electrons. The molecule has 0 aliphatic rings. The highest BCUT2D eigenvalue weighted by atomic mass is 16.5. The summed E-state index contributed by atoms with van der Waals surface area (Å²) in [6.45, 7) is 4.73. The average Bonchev–Trinajstić information content (AvgIpc) is 2.95. The smallest absolute Gasteiger partial charge is 0.237 e. The lowest BCUT2D eigenvalue weighted by molar-refractivity contribution is 0.234. The summed E-state index contributed by atoms with van der Waals surface area (Å²) in [6, 6.07) is 12.3. The lowest BCUT2D eigenvalue weighted by atomic mass is 10.1. The number of anilines is 1. The van der Waals surface area contributed by atoms with Crippen LogP contribution in [0.2, 0.25) is 0 Å². The third-order valence-corrected chi connectivity index (χ3v) is 3.27. The van der Waals surface area contributed by atoms with Gasteiger partial charge in [0.2, 0.25) is 5.88 Å². The number of H-pyrrole nitrogens is 1. The van der Waals surface area contributed by atoms with Crippen LogP contribution in [0, 0.1) is 0 Å². The number of rotatable bonds is 5. The SMILES string of the molecule is CC(C)Oc1ncccc1NCc1cccc2[nH]ccc12. The monoisotopic (exact) mass is 281 g/mol. The van der Waals surface area contributed by atoms with Gasteiger partial charge in [-0.2, -0.15) is 0 Å². The maximum absolute atomic E-state index is 5.73. The van der Waals surface area contributed by atoms with Crippen LogP contribution in [0.25, 0.3) is 10.9 Å². The number of benzene rings is 1. The number of nitrogens with one attached hydrogen (secondary N) is 2. The first-order valence-electron chi connectivity index (χ1n) is 7.14. The van der Waals surface area contributed by atoms with Gasteiger partial charge in [0.1, 0.15) is 0 Å². The number of aromatic nitrogens is 2. The Hall–Kier alpha value is -2.49. The summed E-state index contributed by atoms with van der Waals surface area (Å²) >= 11 is 0. The van der Waals surface area contributed by atoms with Crippen LogP contribution in [-0.2, 0) is 6.54 Å². The fraction of sp³-hybridized carbons (Fsp3) is 0.235. The van der Waals surface area contributed by atoms with E-state index in [4.69, 9.17) is 4.74 Å². The van der Waals surface area contributed by atoms with E-state index < -0.39 is 0 Å². The predicted molar refractivity (Wildman–Crippen MR) is 85.6 cm³/mol. The number of ether oxygens (including phenoxy) is 1. The van der Waals surface area contributed by atoms with Crippen LogP contribution in [0.4, 0.5) is 5.69 Å². The van der Waals surface area contributed by atoms with Crippen molar-refractivity contribution in [2.45, 2.75) is 26.5 Å². The highest BCUT2D eigenvalue weighted by molar-refractivity contribution is 5.83. The van der Waals surface area contributed by atoms with Crippen molar-refractivity contribution >= 4 is 16.6 Å². The highest BCUT2D eigenvalue weighted by Gasteiger charge is 2.07. The molecule has 0 radical (unpaired) electrons. The number of hydrogen-bond acceptors (Lipinski definition) is 3. The minimum atomic E-state index is 0.105. The summed E-state index contributed by atoms with van der Waals surface area (Å²) in [7, 11) is 0. The van der Waals surface area contributed by atoms with Gasteiger partial charge in [-0.05, 0) is 43.7 Å². The molecule has 0 saturated heterocycles. The Labute approximate surface area is 124 Å². The van der Waals surface area contributed by atoms with Gasteiger partial charge in [0.15, 0.2) is 0 Å². The van der Waals surface area contributed by atoms with Crippen LogP contribution in [0.15, 0.2) is 48.8 Å². The van der Waals surface area contributed by atoms with Crippen molar-refractivity contribution in [3.8, 4) is 5.88 Å². The van der Waals surface area contributed by atoms with Gasteiger partial charge < -0.3 is 15.0 Å². The number of hydrogen-bond donors (Lipinski definition) is 2. The normalized spacial score (nSPS) is 11.0. The standard InChI is InChI=1S/C17H19N3O/c1-12(2)21-17-16(7-4-9-19-17)20-11-13-5-3-6-15-14(13)8-10-18-15/h3-10,12,18,20H,11H2,1-2H3. The summed E-state index contributed by atoms with van der Waals surface area (Å²) in [5.41, 5.74) is 3.31. The average molecular weight is 281 g/mol. The van der Waals surface area contributed by atoms with Gasteiger partial charge in [-0.15, -0.1) is 0 Å². The van der Waals surface area contributed by atoms with Crippen LogP contribution in [0.1, 0.15) is 19.4 Å². The minimum Gasteiger partial charge on any atom is -0.473 e. The Morgan fingerprint density at radius 1 is 1.19 bits per heavy atom. The van der Waals surface area contributed by atoms with E-state index in [1.54, 1.807) is 6.20 Å². The number of fused-ring (bicyclic) bond motifs is 1. The fourth-order valence-corrected chi connectivity index (χ4v) is 2.34. The molecule has 1 aromatic carbocycles. The molecule has 0 fully saturated rings. The first-order chi connectivity index (χ1) is 10.2. The van der Waals surface area contributed by atoms with Gasteiger partial charge in [0.05, 0.1) is 11.8 Å². The second-order valence-corrected chi connectivity index (χ2v) is 5.23. The van der Waals surface area contributed by atoms with Crippen molar-refractivity contribution in [1.82, 2.24) is 9.97 Å². The summed E-state index contributed by atoms with van der Waals surface area (Å²) in [4.78, 5) is 7.52. The van der Waals surface area contributed by atoms with Crippen molar-refractivity contribution in [1.29, 1.82) is 0 Å². The predicted octanol–water partition coefficient (Wildman–Crippen LogP) is 3.96. The van der Waals surface area contributed by atoms with Crippen LogP contribution in [-0.4, -0.2) is 16.1 Å². The maximum atomic E-state index is 5.73. The van der Waals surface area contributed by atoms with Gasteiger partial charge in [-0.1, -0.05) is 12.1 Å². The second kappa shape index (κ2) is 5.87. The third-order valence-electron chi connectivity index (χ3n) is 3.27. The zero-order chi connectivity index (χ0) is 14.7. The van der Waals surface area contributed by atoms with Crippen LogP contribution >= 0.6 is 0 Å². The van der Waals surface area contributed by atoms with Gasteiger partial charge in [-0.25, -0.2) is 4.98 Å². The molecular weight excluding hydrogens is 262 g/mol. The van der Waals surface area contributed by atoms with E-state index >= 15 is 0 Å². The van der Waals surface area contributed by atoms with Crippen molar-refractivity contribution in [3.63, 3.8) is 0 Å². The molecule has 3 aromatic rings. The maximum Gasteiger partial charge on any atom is 0.237 e. The molecule has 0 atom stereocenters. The Balaban J connectivity index is 1.80.